The summed E-state index contributed by atoms with van der Waals surface area (Å²) in [6.07, 6.45) is 1.83. The first kappa shape index (κ1) is 21.5. The molecular formula is C19H30ClN5O2. The number of likely N-dealkylation sites (tertiary alicyclic amines) is 1. The summed E-state index contributed by atoms with van der Waals surface area (Å²) >= 11 is 6.08. The number of hydrogen-bond acceptors (Lipinski definition) is 4. The van der Waals surface area contributed by atoms with Gasteiger partial charge in [0.15, 0.2) is 5.96 Å². The molecule has 0 bridgehead atoms. The van der Waals surface area contributed by atoms with Crippen molar-refractivity contribution in [2.45, 2.75) is 25.0 Å². The topological polar surface area (TPSA) is 78.0 Å². The van der Waals surface area contributed by atoms with Gasteiger partial charge in [-0.05, 0) is 30.5 Å². The number of benzene rings is 1. The zero-order chi connectivity index (χ0) is 19.6. The van der Waals surface area contributed by atoms with Crippen molar-refractivity contribution in [2.24, 2.45) is 4.99 Å². The van der Waals surface area contributed by atoms with Crippen molar-refractivity contribution in [3.8, 4) is 0 Å². The van der Waals surface area contributed by atoms with Gasteiger partial charge in [-0.3, -0.25) is 14.7 Å². The molecule has 1 amide bonds. The Kier molecular flexibility index (Phi) is 8.84. The van der Waals surface area contributed by atoms with Crippen molar-refractivity contribution in [2.75, 3.05) is 47.4 Å². The predicted octanol–water partition coefficient (Wildman–Crippen LogP) is 1.40. The average Bonchev–Trinajstić information content (AvgIpc) is 2.68. The van der Waals surface area contributed by atoms with E-state index >= 15 is 0 Å². The molecule has 3 N–H and O–H groups in total. The largest absolute Gasteiger partial charge is 0.375 e. The summed E-state index contributed by atoms with van der Waals surface area (Å²) in [5.41, 5.74) is 1.02. The van der Waals surface area contributed by atoms with Crippen molar-refractivity contribution in [1.29, 1.82) is 0 Å². The molecule has 150 valence electrons. The molecule has 0 saturated carbocycles. The lowest BCUT2D eigenvalue weighted by molar-refractivity contribution is -0.122. The van der Waals surface area contributed by atoms with Gasteiger partial charge in [0.25, 0.3) is 0 Å². The van der Waals surface area contributed by atoms with E-state index in [0.29, 0.717) is 24.2 Å². The third-order valence-corrected chi connectivity index (χ3v) is 4.99. The van der Waals surface area contributed by atoms with Gasteiger partial charge in [-0.1, -0.05) is 23.7 Å². The van der Waals surface area contributed by atoms with Crippen molar-refractivity contribution in [3.05, 3.63) is 34.9 Å². The monoisotopic (exact) mass is 395 g/mol. The Hall–Kier alpha value is -1.83. The molecule has 1 atom stereocenters. The van der Waals surface area contributed by atoms with Crippen LogP contribution in [0.3, 0.4) is 0 Å². The summed E-state index contributed by atoms with van der Waals surface area (Å²) in [5.74, 6) is 0.814. The van der Waals surface area contributed by atoms with E-state index in [2.05, 4.69) is 25.8 Å². The summed E-state index contributed by atoms with van der Waals surface area (Å²) in [7, 11) is 5.12. The number of ether oxygens (including phenoxy) is 1. The number of methoxy groups -OCH3 is 1. The van der Waals surface area contributed by atoms with Gasteiger partial charge in [0.2, 0.25) is 5.91 Å². The van der Waals surface area contributed by atoms with Crippen LogP contribution in [0.25, 0.3) is 0 Å². The second kappa shape index (κ2) is 11.1. The summed E-state index contributed by atoms with van der Waals surface area (Å²) in [4.78, 5) is 18.0. The van der Waals surface area contributed by atoms with Crippen LogP contribution in [-0.4, -0.2) is 70.2 Å². The van der Waals surface area contributed by atoms with Gasteiger partial charge in [0, 0.05) is 51.9 Å². The van der Waals surface area contributed by atoms with E-state index in [4.69, 9.17) is 16.3 Å². The number of guanidine groups is 1. The normalized spacial score (nSPS) is 17.4. The van der Waals surface area contributed by atoms with Crippen molar-refractivity contribution in [1.82, 2.24) is 20.9 Å². The number of likely N-dealkylation sites (N-methyl/N-ethyl adjacent to an activating group) is 1. The minimum atomic E-state index is -0.114. The Morgan fingerprint density at radius 1 is 1.41 bits per heavy atom. The van der Waals surface area contributed by atoms with Crippen LogP contribution in [0.1, 0.15) is 24.5 Å². The first-order valence-corrected chi connectivity index (χ1v) is 9.62. The lowest BCUT2D eigenvalue weighted by atomic mass is 10.1. The molecule has 1 saturated heterocycles. The summed E-state index contributed by atoms with van der Waals surface area (Å²) in [6.45, 7) is 2.84. The Morgan fingerprint density at radius 2 is 2.15 bits per heavy atom. The molecule has 0 spiro atoms. The summed E-state index contributed by atoms with van der Waals surface area (Å²) in [5, 5.41) is 10.2. The first-order chi connectivity index (χ1) is 13.0. The SMILES string of the molecule is CN=C(NCC(OC)c1cccc(Cl)c1)NC1CCN(CC(=O)NC)CC1. The minimum absolute atomic E-state index is 0.0607. The lowest BCUT2D eigenvalue weighted by Crippen LogP contribution is -2.50. The third kappa shape index (κ3) is 7.01. The fourth-order valence-corrected chi connectivity index (χ4v) is 3.34. The molecular weight excluding hydrogens is 366 g/mol. The third-order valence-electron chi connectivity index (χ3n) is 4.76. The predicted molar refractivity (Wildman–Crippen MR) is 109 cm³/mol. The summed E-state index contributed by atoms with van der Waals surface area (Å²) in [6, 6.07) is 8.02. The van der Waals surface area contributed by atoms with E-state index in [1.165, 1.54) is 0 Å². The van der Waals surface area contributed by atoms with Crippen LogP contribution < -0.4 is 16.0 Å². The van der Waals surface area contributed by atoms with E-state index in [1.54, 1.807) is 21.2 Å². The highest BCUT2D eigenvalue weighted by Crippen LogP contribution is 2.19. The van der Waals surface area contributed by atoms with Crippen LogP contribution in [0.15, 0.2) is 29.3 Å². The van der Waals surface area contributed by atoms with Gasteiger partial charge < -0.3 is 20.7 Å². The van der Waals surface area contributed by atoms with Gasteiger partial charge in [-0.15, -0.1) is 0 Å². The zero-order valence-corrected chi connectivity index (χ0v) is 17.1. The van der Waals surface area contributed by atoms with Crippen LogP contribution in [0.2, 0.25) is 5.02 Å². The highest BCUT2D eigenvalue weighted by molar-refractivity contribution is 6.30. The van der Waals surface area contributed by atoms with Crippen LogP contribution in [0.5, 0.6) is 0 Å². The van der Waals surface area contributed by atoms with Gasteiger partial charge in [-0.2, -0.15) is 0 Å². The molecule has 27 heavy (non-hydrogen) atoms. The standard InChI is InChI=1S/C19H30ClN5O2/c1-21-18(26)13-25-9-7-16(8-10-25)24-19(22-2)23-12-17(27-3)14-5-4-6-15(20)11-14/h4-6,11,16-17H,7-10,12-13H2,1-3H3,(H,21,26)(H2,22,23,24). The Bertz CT molecular complexity index is 632. The van der Waals surface area contributed by atoms with E-state index in [0.717, 1.165) is 37.5 Å². The highest BCUT2D eigenvalue weighted by Gasteiger charge is 2.21. The van der Waals surface area contributed by atoms with E-state index < -0.39 is 0 Å². The van der Waals surface area contributed by atoms with Gasteiger partial charge >= 0.3 is 0 Å². The molecule has 7 nitrogen and oxygen atoms in total. The second-order valence-corrected chi connectivity index (χ2v) is 7.04. The van der Waals surface area contributed by atoms with Crippen molar-refractivity contribution >= 4 is 23.5 Å². The van der Waals surface area contributed by atoms with Crippen LogP contribution in [0.4, 0.5) is 0 Å². The average molecular weight is 396 g/mol. The molecule has 0 aliphatic carbocycles. The minimum Gasteiger partial charge on any atom is -0.375 e. The van der Waals surface area contributed by atoms with E-state index in [-0.39, 0.29) is 12.0 Å². The van der Waals surface area contributed by atoms with Crippen molar-refractivity contribution < 1.29 is 9.53 Å². The highest BCUT2D eigenvalue weighted by atomic mass is 35.5. The second-order valence-electron chi connectivity index (χ2n) is 6.60. The Morgan fingerprint density at radius 3 is 2.74 bits per heavy atom. The number of piperidine rings is 1. The molecule has 2 rings (SSSR count). The van der Waals surface area contributed by atoms with Crippen molar-refractivity contribution in [3.63, 3.8) is 0 Å². The molecule has 0 aromatic heterocycles. The van der Waals surface area contributed by atoms with Gasteiger partial charge in [0.05, 0.1) is 12.6 Å². The first-order valence-electron chi connectivity index (χ1n) is 9.24. The number of halogens is 1. The van der Waals surface area contributed by atoms with Crippen LogP contribution in [-0.2, 0) is 9.53 Å². The maximum atomic E-state index is 11.5. The molecule has 8 heteroatoms. The fourth-order valence-electron chi connectivity index (χ4n) is 3.14. The van der Waals surface area contributed by atoms with Gasteiger partial charge in [0.1, 0.15) is 0 Å². The molecule has 1 aromatic carbocycles. The number of amides is 1. The zero-order valence-electron chi connectivity index (χ0n) is 16.3. The smallest absolute Gasteiger partial charge is 0.233 e. The van der Waals surface area contributed by atoms with Crippen LogP contribution >= 0.6 is 11.6 Å². The maximum absolute atomic E-state index is 11.5. The Labute approximate surface area is 166 Å². The lowest BCUT2D eigenvalue weighted by Gasteiger charge is -2.32. The number of nitrogens with zero attached hydrogens (tertiary/aromatic N) is 2. The molecule has 1 aromatic rings. The molecule has 1 heterocycles. The van der Waals surface area contributed by atoms with E-state index in [9.17, 15) is 4.79 Å². The molecule has 1 fully saturated rings. The molecule has 0 radical (unpaired) electrons. The van der Waals surface area contributed by atoms with E-state index in [1.807, 2.05) is 24.3 Å². The van der Waals surface area contributed by atoms with Crippen LogP contribution in [0, 0.1) is 0 Å². The number of carbonyl (C=O) groups excluding carboxylic acids is 1. The van der Waals surface area contributed by atoms with Gasteiger partial charge in [-0.25, -0.2) is 0 Å². The summed E-state index contributed by atoms with van der Waals surface area (Å²) < 4.78 is 5.59. The number of carbonyl (C=O) groups is 1. The number of rotatable bonds is 7. The molecule has 1 aliphatic rings. The number of aliphatic imine (C=N–C) groups is 1. The number of nitrogens with one attached hydrogen (secondary N) is 3. The maximum Gasteiger partial charge on any atom is 0.233 e. The fraction of sp³-hybridized carbons (Fsp3) is 0.579. The number of hydrogen-bond donors (Lipinski definition) is 3. The molecule has 1 aliphatic heterocycles. The quantitative estimate of drug-likeness (QED) is 0.480. The Balaban J connectivity index is 1.80. The molecule has 1 unspecified atom stereocenters.